The number of hydrogen-bond donors (Lipinski definition) is 8. The second-order valence-corrected chi connectivity index (χ2v) is 33.6. The smallest absolute Gasteiger partial charge is 0.287 e. The molecule has 9 aromatic carbocycles. The Hall–Kier alpha value is -16.3. The number of carbonyl (C=O) groups is 12. The van der Waals surface area contributed by atoms with Gasteiger partial charge in [-0.2, -0.15) is 20.4 Å². The minimum atomic E-state index is -1.11. The summed E-state index contributed by atoms with van der Waals surface area (Å²) in [7, 11) is 0. The molecule has 140 heavy (non-hydrogen) atoms. The molecule has 6 heterocycles. The van der Waals surface area contributed by atoms with E-state index >= 15 is 0 Å². The fraction of sp³-hybridized carbons (Fsp3) is 0.264. The number of nitrogens with zero attached hydrogens (tertiary/aromatic N) is 10. The standard InChI is InChI=1S/C32H35N5O4.C26H29N5O4.C26H28N4O5.C22H22N4O3/c1-4-36(5-2)21-24-11-15-26(16-12-24)41-27-17-13-25(14-18-27)37-29(19-22(3)35-37)32(40)34-28(30(38)31(33)39)20-23-9-7-6-8-10-23;1-18-15-23(26(34)28-22(24(32)25(27)33)16-19-5-3-2-4-6-19)31(29-18)21-9-7-20(8-10-21)17-30-11-13-35-14-12-30;1-17-15-23(26(33)28-22(24(31)25(27)32)16-18-5-3-2-4-6-18)30(29-17)19-7-9-20(10-8-19)35-21-11-13-34-14-12-21;1-14-8-10-17(11-9-14)26-19(12-15(2)25-26)22(29)24-18(20(27)21(23)28)13-16-6-4-3-5-7-16/h6-19,28H,4-5,20-21H2,1-3H3,(H2,33,39)(H,34,40);2-10,15,22H,11-14,16-17H2,1H3,(H2,27,33)(H,28,34);2-10,15,21-22H,11-14,16H2,1H3,(H2,27,32)(H,28,33);3-12,18H,13H2,1-2H3,(H2,23,28)(H,24,29). The lowest BCUT2D eigenvalue weighted by molar-refractivity contribution is -0.137. The first-order valence-electron chi connectivity index (χ1n) is 45.8. The number of Topliss-reactive ketones (excluding diaryl/α,β-unsaturated/α-hetero) is 4. The highest BCUT2D eigenvalue weighted by Crippen LogP contribution is 2.28. The Morgan fingerprint density at radius 2 is 0.621 bits per heavy atom. The second kappa shape index (κ2) is 50.0. The van der Waals surface area contributed by atoms with E-state index in [-0.39, 0.29) is 54.6 Å². The number of aryl methyl sites for hydroxylation is 5. The molecule has 0 spiro atoms. The van der Waals surface area contributed by atoms with Crippen molar-refractivity contribution in [1.29, 1.82) is 0 Å². The fourth-order valence-electron chi connectivity index (χ4n) is 15.5. The van der Waals surface area contributed by atoms with Crippen molar-refractivity contribution in [1.82, 2.24) is 70.2 Å². The highest BCUT2D eigenvalue weighted by atomic mass is 16.5. The lowest BCUT2D eigenvalue weighted by Gasteiger charge is -2.26. The Bertz CT molecular complexity index is 6250. The van der Waals surface area contributed by atoms with Crippen LogP contribution in [-0.4, -0.2) is 202 Å². The third-order valence-electron chi connectivity index (χ3n) is 22.9. The molecule has 34 heteroatoms. The Morgan fingerprint density at radius 1 is 0.350 bits per heavy atom. The van der Waals surface area contributed by atoms with Crippen molar-refractivity contribution in [2.45, 2.75) is 130 Å². The number of nitrogens with two attached hydrogens (primary N) is 4. The molecule has 2 aliphatic heterocycles. The van der Waals surface area contributed by atoms with Gasteiger partial charge in [-0.1, -0.05) is 177 Å². The Morgan fingerprint density at radius 3 is 0.921 bits per heavy atom. The van der Waals surface area contributed by atoms with Crippen LogP contribution in [-0.2, 0) is 86.6 Å². The number of morpholine rings is 1. The second-order valence-electron chi connectivity index (χ2n) is 33.6. The molecule has 0 bridgehead atoms. The van der Waals surface area contributed by atoms with Crippen molar-refractivity contribution in [3.8, 4) is 40.0 Å². The molecule has 13 aromatic rings. The van der Waals surface area contributed by atoms with E-state index in [1.54, 1.807) is 76.2 Å². The van der Waals surface area contributed by atoms with E-state index in [1.807, 2.05) is 213 Å². The maximum absolute atomic E-state index is 13.3. The van der Waals surface area contributed by atoms with Crippen molar-refractivity contribution in [2.75, 3.05) is 52.6 Å². The van der Waals surface area contributed by atoms with Crippen LogP contribution in [0.15, 0.2) is 267 Å². The maximum Gasteiger partial charge on any atom is 0.287 e. The first-order chi connectivity index (χ1) is 67.4. The van der Waals surface area contributed by atoms with Gasteiger partial charge in [-0.05, 0) is 190 Å². The number of nitrogens with one attached hydrogen (secondary N) is 4. The van der Waals surface area contributed by atoms with Crippen LogP contribution >= 0.6 is 0 Å². The van der Waals surface area contributed by atoms with Gasteiger partial charge < -0.3 is 63.1 Å². The van der Waals surface area contributed by atoms with Gasteiger partial charge in [0.1, 0.15) is 70.3 Å². The van der Waals surface area contributed by atoms with Gasteiger partial charge in [-0.25, -0.2) is 18.7 Å². The van der Waals surface area contributed by atoms with E-state index in [9.17, 15) is 57.5 Å². The maximum atomic E-state index is 13.3. The molecular weight excluding hydrogens is 1780 g/mol. The molecular formula is C106H114N18O16. The molecule has 4 unspecified atom stereocenters. The summed E-state index contributed by atoms with van der Waals surface area (Å²) in [6.07, 6.45) is 2.39. The van der Waals surface area contributed by atoms with E-state index in [4.69, 9.17) is 41.9 Å². The van der Waals surface area contributed by atoms with Crippen LogP contribution in [0.1, 0.15) is 130 Å². The number of aromatic nitrogens is 8. The predicted molar refractivity (Wildman–Crippen MR) is 524 cm³/mol. The molecule has 2 aliphatic rings. The fourth-order valence-corrected chi connectivity index (χ4v) is 15.5. The summed E-state index contributed by atoms with van der Waals surface area (Å²) in [5, 5.41) is 28.4. The minimum absolute atomic E-state index is 0.118. The van der Waals surface area contributed by atoms with E-state index in [0.717, 1.165) is 122 Å². The van der Waals surface area contributed by atoms with Crippen LogP contribution in [0.4, 0.5) is 0 Å². The number of ketones is 4. The molecule has 8 amide bonds. The van der Waals surface area contributed by atoms with E-state index in [1.165, 1.54) is 24.3 Å². The van der Waals surface area contributed by atoms with Gasteiger partial charge in [-0.3, -0.25) is 67.3 Å². The van der Waals surface area contributed by atoms with Crippen LogP contribution in [0, 0.1) is 34.6 Å². The Labute approximate surface area is 810 Å². The van der Waals surface area contributed by atoms with Crippen LogP contribution < -0.4 is 53.7 Å². The molecule has 2 fully saturated rings. The molecule has 0 radical (unpaired) electrons. The number of ether oxygens (including phenoxy) is 4. The van der Waals surface area contributed by atoms with Crippen LogP contribution in [0.3, 0.4) is 0 Å². The highest BCUT2D eigenvalue weighted by Gasteiger charge is 2.33. The van der Waals surface area contributed by atoms with Gasteiger partial charge in [0.25, 0.3) is 47.3 Å². The molecule has 15 rings (SSSR count). The van der Waals surface area contributed by atoms with E-state index < -0.39 is 94.6 Å². The van der Waals surface area contributed by atoms with E-state index in [0.29, 0.717) is 53.1 Å². The SMILES string of the molecule is CCN(CC)Cc1ccc(Oc2ccc(-n3nc(C)cc3C(=O)NC(Cc3ccccc3)C(=O)C(N)=O)cc2)cc1.Cc1cc(C(=O)NC(Cc2ccccc2)C(=O)C(N)=O)n(-c2ccc(CN3CCOCC3)cc2)n1.Cc1cc(C(=O)NC(Cc2ccccc2)C(=O)C(N)=O)n(-c2ccc(OC3CCOCC3)cc2)n1.Cc1ccc(-n2nc(C)cc2C(=O)NC(Cc2ccccc2)C(=O)C(N)=O)cc1. The summed E-state index contributed by atoms with van der Waals surface area (Å²) < 4.78 is 28.8. The van der Waals surface area contributed by atoms with Crippen molar-refractivity contribution >= 4 is 70.4 Å². The van der Waals surface area contributed by atoms with Crippen LogP contribution in [0.2, 0.25) is 0 Å². The number of benzene rings is 9. The van der Waals surface area contributed by atoms with Gasteiger partial charge in [0.2, 0.25) is 23.1 Å². The third-order valence-corrected chi connectivity index (χ3v) is 22.9. The monoisotopic (exact) mass is 1890 g/mol. The zero-order valence-corrected chi connectivity index (χ0v) is 78.9. The molecule has 2 saturated heterocycles. The quantitative estimate of drug-likeness (QED) is 0.0167. The number of carbonyl (C=O) groups excluding carboxylic acids is 12. The molecule has 4 aromatic heterocycles. The Balaban J connectivity index is 0.000000168. The van der Waals surface area contributed by atoms with Crippen molar-refractivity contribution in [2.24, 2.45) is 22.9 Å². The van der Waals surface area contributed by atoms with Crippen LogP contribution in [0.5, 0.6) is 17.2 Å². The molecule has 0 aliphatic carbocycles. The first-order valence-corrected chi connectivity index (χ1v) is 45.8. The average Bonchev–Trinajstić information content (AvgIpc) is 1.67. The van der Waals surface area contributed by atoms with Crippen molar-refractivity contribution in [3.63, 3.8) is 0 Å². The van der Waals surface area contributed by atoms with Crippen molar-refractivity contribution in [3.05, 3.63) is 351 Å². The number of primary amides is 4. The third kappa shape index (κ3) is 29.4. The molecule has 724 valence electrons. The lowest BCUT2D eigenvalue weighted by atomic mass is 10.0. The molecule has 12 N–H and O–H groups in total. The highest BCUT2D eigenvalue weighted by molar-refractivity contribution is 6.39. The van der Waals surface area contributed by atoms with Crippen LogP contribution in [0.25, 0.3) is 22.7 Å². The predicted octanol–water partition coefficient (Wildman–Crippen LogP) is 9.64. The van der Waals surface area contributed by atoms with Crippen molar-refractivity contribution < 1.29 is 76.5 Å². The minimum Gasteiger partial charge on any atom is -0.490 e. The molecule has 0 saturated carbocycles. The summed E-state index contributed by atoms with van der Waals surface area (Å²) in [6, 6.07) is 76.5. The summed E-state index contributed by atoms with van der Waals surface area (Å²) >= 11 is 0. The van der Waals surface area contributed by atoms with Gasteiger partial charge in [-0.15, -0.1) is 0 Å². The lowest BCUT2D eigenvalue weighted by Crippen LogP contribution is -2.47. The molecule has 34 nitrogen and oxygen atoms in total. The Kier molecular flexibility index (Phi) is 36.6. The van der Waals surface area contributed by atoms with Gasteiger partial charge >= 0.3 is 0 Å². The largest absolute Gasteiger partial charge is 0.490 e. The number of rotatable bonds is 38. The summed E-state index contributed by atoms with van der Waals surface area (Å²) in [4.78, 5) is 153. The summed E-state index contributed by atoms with van der Waals surface area (Å²) in [5.74, 6) is -7.84. The van der Waals surface area contributed by atoms with Gasteiger partial charge in [0.05, 0.1) is 72.0 Å². The zero-order chi connectivity index (χ0) is 99.9. The average molecular weight is 1900 g/mol. The van der Waals surface area contributed by atoms with Gasteiger partial charge in [0.15, 0.2) is 0 Å². The first kappa shape index (κ1) is 103. The number of hydrogen-bond acceptors (Lipinski definition) is 22. The molecule has 4 atom stereocenters. The summed E-state index contributed by atoms with van der Waals surface area (Å²) in [5.41, 5.74) is 33.8. The summed E-state index contributed by atoms with van der Waals surface area (Å²) in [6.45, 7) is 21.8. The number of amides is 8. The zero-order valence-electron chi connectivity index (χ0n) is 78.9. The normalized spacial score (nSPS) is 13.3. The van der Waals surface area contributed by atoms with E-state index in [2.05, 4.69) is 77.4 Å². The van der Waals surface area contributed by atoms with Gasteiger partial charge in [0, 0.05) is 64.7 Å². The topological polar surface area (TPSA) is 472 Å².